The summed E-state index contributed by atoms with van der Waals surface area (Å²) in [5.74, 6) is -1.52. The van der Waals surface area contributed by atoms with Crippen LogP contribution in [0.3, 0.4) is 0 Å². The maximum atomic E-state index is 13.9. The topological polar surface area (TPSA) is 24.9 Å². The van der Waals surface area contributed by atoms with E-state index in [1.54, 1.807) is 0 Å². The van der Waals surface area contributed by atoms with Gasteiger partial charge in [0.25, 0.3) is 0 Å². The SMILES string of the molecule is CNC(c1cnc(C(F)(F)F)s1)c1cc(C)c(F)cc1F. The van der Waals surface area contributed by atoms with Crippen LogP contribution in [0.2, 0.25) is 0 Å². The number of benzene rings is 1. The number of hydrogen-bond donors (Lipinski definition) is 1. The second kappa shape index (κ2) is 5.69. The van der Waals surface area contributed by atoms with E-state index in [1.165, 1.54) is 20.0 Å². The van der Waals surface area contributed by atoms with Gasteiger partial charge >= 0.3 is 6.18 Å². The molecule has 8 heteroatoms. The molecule has 0 amide bonds. The van der Waals surface area contributed by atoms with Crippen LogP contribution in [0.5, 0.6) is 0 Å². The molecule has 0 aliphatic rings. The lowest BCUT2D eigenvalue weighted by Crippen LogP contribution is -2.18. The molecule has 0 bridgehead atoms. The molecule has 0 saturated heterocycles. The van der Waals surface area contributed by atoms with E-state index in [0.29, 0.717) is 11.3 Å². The highest BCUT2D eigenvalue weighted by Crippen LogP contribution is 2.36. The summed E-state index contributed by atoms with van der Waals surface area (Å²) in [6.45, 7) is 1.46. The quantitative estimate of drug-likeness (QED) is 0.862. The summed E-state index contributed by atoms with van der Waals surface area (Å²) in [5.41, 5.74) is 0.293. The summed E-state index contributed by atoms with van der Waals surface area (Å²) in [6.07, 6.45) is -3.49. The van der Waals surface area contributed by atoms with Gasteiger partial charge in [0.1, 0.15) is 11.6 Å². The van der Waals surface area contributed by atoms with Crippen molar-refractivity contribution in [3.05, 3.63) is 51.0 Å². The fourth-order valence-corrected chi connectivity index (χ4v) is 2.82. The lowest BCUT2D eigenvalue weighted by atomic mass is 10.0. The van der Waals surface area contributed by atoms with Crippen molar-refractivity contribution in [2.24, 2.45) is 0 Å². The largest absolute Gasteiger partial charge is 0.443 e. The van der Waals surface area contributed by atoms with E-state index in [0.717, 1.165) is 12.3 Å². The average Bonchev–Trinajstić information content (AvgIpc) is 2.86. The van der Waals surface area contributed by atoms with Crippen LogP contribution in [0.1, 0.15) is 27.1 Å². The van der Waals surface area contributed by atoms with Gasteiger partial charge in [-0.2, -0.15) is 13.2 Å². The Morgan fingerprint density at radius 3 is 2.38 bits per heavy atom. The Balaban J connectivity index is 2.45. The molecule has 1 aromatic carbocycles. The number of aromatic nitrogens is 1. The van der Waals surface area contributed by atoms with Gasteiger partial charge < -0.3 is 5.32 Å². The number of hydrogen-bond acceptors (Lipinski definition) is 3. The molecular weight excluding hydrogens is 311 g/mol. The third-order valence-electron chi connectivity index (χ3n) is 2.93. The molecule has 0 saturated carbocycles. The Morgan fingerprint density at radius 1 is 1.19 bits per heavy atom. The van der Waals surface area contributed by atoms with Gasteiger partial charge in [0.2, 0.25) is 0 Å². The maximum absolute atomic E-state index is 13.9. The van der Waals surface area contributed by atoms with E-state index in [2.05, 4.69) is 10.3 Å². The molecular formula is C13H11F5N2S. The molecule has 2 aromatic rings. The second-order valence-electron chi connectivity index (χ2n) is 4.41. The van der Waals surface area contributed by atoms with Crippen molar-refractivity contribution in [3.8, 4) is 0 Å². The Morgan fingerprint density at radius 2 is 1.86 bits per heavy atom. The number of alkyl halides is 3. The van der Waals surface area contributed by atoms with Crippen LogP contribution >= 0.6 is 11.3 Å². The van der Waals surface area contributed by atoms with Gasteiger partial charge in [-0.15, -0.1) is 11.3 Å². The number of rotatable bonds is 3. The van der Waals surface area contributed by atoms with Gasteiger partial charge in [0.05, 0.1) is 6.04 Å². The van der Waals surface area contributed by atoms with E-state index >= 15 is 0 Å². The Bertz CT molecular complexity index is 650. The summed E-state index contributed by atoms with van der Waals surface area (Å²) in [7, 11) is 1.48. The molecule has 21 heavy (non-hydrogen) atoms. The van der Waals surface area contributed by atoms with Crippen molar-refractivity contribution >= 4 is 11.3 Å². The molecule has 114 valence electrons. The summed E-state index contributed by atoms with van der Waals surface area (Å²) >= 11 is 0.427. The van der Waals surface area contributed by atoms with Gasteiger partial charge in [0, 0.05) is 22.7 Å². The van der Waals surface area contributed by atoms with Gasteiger partial charge in [-0.05, 0) is 25.6 Å². The minimum Gasteiger partial charge on any atom is -0.309 e. The second-order valence-corrected chi connectivity index (χ2v) is 5.47. The first-order valence-corrected chi connectivity index (χ1v) is 6.71. The Kier molecular flexibility index (Phi) is 4.29. The molecule has 0 radical (unpaired) electrons. The third-order valence-corrected chi connectivity index (χ3v) is 4.04. The highest BCUT2D eigenvalue weighted by atomic mass is 32.1. The molecule has 0 aliphatic heterocycles. The summed E-state index contributed by atoms with van der Waals surface area (Å²) in [5, 5.41) is 1.72. The normalized spacial score (nSPS) is 13.5. The van der Waals surface area contributed by atoms with Crippen LogP contribution in [-0.4, -0.2) is 12.0 Å². The Labute approximate surface area is 121 Å². The minimum absolute atomic E-state index is 0.0776. The fraction of sp³-hybridized carbons (Fsp3) is 0.308. The van der Waals surface area contributed by atoms with E-state index < -0.39 is 28.9 Å². The molecule has 0 aliphatic carbocycles. The Hall–Kier alpha value is -1.54. The van der Waals surface area contributed by atoms with E-state index in [4.69, 9.17) is 0 Å². The fourth-order valence-electron chi connectivity index (χ4n) is 1.90. The average molecular weight is 322 g/mol. The maximum Gasteiger partial charge on any atom is 0.443 e. The van der Waals surface area contributed by atoms with Gasteiger partial charge in [-0.25, -0.2) is 13.8 Å². The summed E-state index contributed by atoms with van der Waals surface area (Å²) in [4.78, 5) is 3.51. The molecule has 1 atom stereocenters. The van der Waals surface area contributed by atoms with Crippen molar-refractivity contribution in [2.45, 2.75) is 19.1 Å². The molecule has 0 fully saturated rings. The minimum atomic E-state index is -4.54. The number of thiazole rings is 1. The first-order chi connectivity index (χ1) is 9.74. The standard InChI is InChI=1S/C13H11F5N2S/c1-6-3-7(9(15)4-8(6)14)11(19-2)10-5-20-12(21-10)13(16,17)18/h3-5,11,19H,1-2H3. The van der Waals surface area contributed by atoms with Crippen molar-refractivity contribution in [2.75, 3.05) is 7.05 Å². The van der Waals surface area contributed by atoms with Crippen LogP contribution < -0.4 is 5.32 Å². The molecule has 1 N–H and O–H groups in total. The molecule has 1 heterocycles. The van der Waals surface area contributed by atoms with Crippen LogP contribution in [0.4, 0.5) is 22.0 Å². The first-order valence-electron chi connectivity index (χ1n) is 5.89. The number of halogens is 5. The molecule has 2 nitrogen and oxygen atoms in total. The number of nitrogens with one attached hydrogen (secondary N) is 1. The van der Waals surface area contributed by atoms with Crippen LogP contribution in [-0.2, 0) is 6.18 Å². The zero-order chi connectivity index (χ0) is 15.8. The number of nitrogens with zero attached hydrogens (tertiary/aromatic N) is 1. The van der Waals surface area contributed by atoms with Gasteiger partial charge in [-0.1, -0.05) is 0 Å². The number of aryl methyl sites for hydroxylation is 1. The zero-order valence-corrected chi connectivity index (χ0v) is 11.9. The van der Waals surface area contributed by atoms with Crippen molar-refractivity contribution in [3.63, 3.8) is 0 Å². The zero-order valence-electron chi connectivity index (χ0n) is 11.1. The van der Waals surface area contributed by atoms with E-state index in [1.807, 2.05) is 0 Å². The van der Waals surface area contributed by atoms with Gasteiger partial charge in [-0.3, -0.25) is 0 Å². The highest BCUT2D eigenvalue weighted by Gasteiger charge is 2.35. The molecule has 0 spiro atoms. The van der Waals surface area contributed by atoms with Crippen LogP contribution in [0.15, 0.2) is 18.3 Å². The van der Waals surface area contributed by atoms with Crippen LogP contribution in [0, 0.1) is 18.6 Å². The van der Waals surface area contributed by atoms with Crippen molar-refractivity contribution in [1.82, 2.24) is 10.3 Å². The van der Waals surface area contributed by atoms with E-state index in [9.17, 15) is 22.0 Å². The lowest BCUT2D eigenvalue weighted by molar-refractivity contribution is -0.137. The van der Waals surface area contributed by atoms with Crippen molar-refractivity contribution in [1.29, 1.82) is 0 Å². The van der Waals surface area contributed by atoms with Crippen LogP contribution in [0.25, 0.3) is 0 Å². The predicted octanol–water partition coefficient (Wildman–Crippen LogP) is 4.06. The first kappa shape index (κ1) is 15.8. The monoisotopic (exact) mass is 322 g/mol. The lowest BCUT2D eigenvalue weighted by Gasteiger charge is -2.16. The predicted molar refractivity (Wildman–Crippen MR) is 69.1 cm³/mol. The summed E-state index contributed by atoms with van der Waals surface area (Å²) in [6, 6.07) is 1.18. The van der Waals surface area contributed by atoms with Crippen molar-refractivity contribution < 1.29 is 22.0 Å². The van der Waals surface area contributed by atoms with E-state index in [-0.39, 0.29) is 16.0 Å². The van der Waals surface area contributed by atoms with Gasteiger partial charge in [0.15, 0.2) is 5.01 Å². The summed E-state index contributed by atoms with van der Waals surface area (Å²) < 4.78 is 64.9. The smallest absolute Gasteiger partial charge is 0.309 e. The molecule has 2 rings (SSSR count). The third kappa shape index (κ3) is 3.21. The highest BCUT2D eigenvalue weighted by molar-refractivity contribution is 7.11. The molecule has 1 aromatic heterocycles. The molecule has 1 unspecified atom stereocenters.